The molecule has 7 heteroatoms. The Labute approximate surface area is 202 Å². The lowest BCUT2D eigenvalue weighted by atomic mass is 10.0. The second-order valence-electron chi connectivity index (χ2n) is 8.34. The first-order valence-corrected chi connectivity index (χ1v) is 12.2. The number of benzene rings is 2. The Morgan fingerprint density at radius 1 is 1.12 bits per heavy atom. The molecule has 4 aromatic rings. The highest BCUT2D eigenvalue weighted by molar-refractivity contribution is 7.17. The second-order valence-corrected chi connectivity index (χ2v) is 9.25. The number of morpholine rings is 1. The van der Waals surface area contributed by atoms with E-state index in [0.29, 0.717) is 6.42 Å². The van der Waals surface area contributed by atoms with Crippen molar-refractivity contribution in [1.82, 2.24) is 9.97 Å². The number of anilines is 1. The first kappa shape index (κ1) is 22.2. The molecule has 0 spiro atoms. The molecule has 0 bridgehead atoms. The second kappa shape index (κ2) is 10.1. The number of nitrogens with zero attached hydrogens (tertiary/aromatic N) is 4. The van der Waals surface area contributed by atoms with Crippen LogP contribution < -0.4 is 4.90 Å². The summed E-state index contributed by atoms with van der Waals surface area (Å²) in [6.07, 6.45) is 2.77. The topological polar surface area (TPSA) is 79.1 Å². The van der Waals surface area contributed by atoms with Gasteiger partial charge in [-0.1, -0.05) is 36.4 Å². The van der Waals surface area contributed by atoms with E-state index in [1.807, 2.05) is 36.5 Å². The van der Waals surface area contributed by atoms with E-state index < -0.39 is 0 Å². The molecule has 0 saturated carbocycles. The fourth-order valence-corrected chi connectivity index (χ4v) is 5.08. The van der Waals surface area contributed by atoms with Gasteiger partial charge in [0.15, 0.2) is 5.78 Å². The SMILES string of the molecule is N#CCC(=O)Cc1cccc(-c2csc3cnc(Cc4ccc(N5CCOCC5)cc4)nc23)c1. The average molecular weight is 469 g/mol. The number of fused-ring (bicyclic) bond motifs is 1. The third-order valence-corrected chi connectivity index (χ3v) is 6.86. The largest absolute Gasteiger partial charge is 0.378 e. The fraction of sp³-hybridized carbons (Fsp3) is 0.259. The molecule has 1 saturated heterocycles. The molecule has 0 N–H and O–H groups in total. The van der Waals surface area contributed by atoms with Crippen LogP contribution >= 0.6 is 11.3 Å². The van der Waals surface area contributed by atoms with Crippen molar-refractivity contribution >= 4 is 33.0 Å². The third-order valence-electron chi connectivity index (χ3n) is 5.95. The van der Waals surface area contributed by atoms with Gasteiger partial charge < -0.3 is 9.64 Å². The molecule has 6 nitrogen and oxygen atoms in total. The number of thiophene rings is 1. The van der Waals surface area contributed by atoms with Gasteiger partial charge in [-0.05, 0) is 28.8 Å². The van der Waals surface area contributed by atoms with Gasteiger partial charge in [0.1, 0.15) is 5.82 Å². The molecular formula is C27H24N4O2S. The standard InChI is InChI=1S/C27H24N4O2S/c28-9-8-23(32)15-20-2-1-3-21(14-20)24-18-34-25-17-29-26(30-27(24)25)16-19-4-6-22(7-5-19)31-10-12-33-13-11-31/h1-7,14,17-18H,8,10-13,15-16H2. The number of rotatable bonds is 7. The van der Waals surface area contributed by atoms with Crippen molar-refractivity contribution in [3.05, 3.63) is 77.1 Å². The zero-order chi connectivity index (χ0) is 23.3. The highest BCUT2D eigenvalue weighted by Gasteiger charge is 2.13. The van der Waals surface area contributed by atoms with Gasteiger partial charge in [0.05, 0.1) is 35.9 Å². The lowest BCUT2D eigenvalue weighted by Crippen LogP contribution is -2.36. The Morgan fingerprint density at radius 2 is 1.94 bits per heavy atom. The monoisotopic (exact) mass is 468 g/mol. The number of carbonyl (C=O) groups excluding carboxylic acids is 1. The minimum atomic E-state index is -0.0703. The van der Waals surface area contributed by atoms with Gasteiger partial charge in [0.2, 0.25) is 0 Å². The van der Waals surface area contributed by atoms with Crippen LogP contribution in [0.25, 0.3) is 21.3 Å². The van der Waals surface area contributed by atoms with Crippen molar-refractivity contribution in [2.45, 2.75) is 19.3 Å². The summed E-state index contributed by atoms with van der Waals surface area (Å²) in [6.45, 7) is 3.40. The molecule has 0 amide bonds. The van der Waals surface area contributed by atoms with E-state index in [2.05, 4.69) is 39.5 Å². The average Bonchev–Trinajstić information content (AvgIpc) is 3.29. The number of aromatic nitrogens is 2. The number of carbonyl (C=O) groups is 1. The molecule has 170 valence electrons. The summed E-state index contributed by atoms with van der Waals surface area (Å²) in [5.74, 6) is 0.714. The molecule has 0 atom stereocenters. The van der Waals surface area contributed by atoms with Gasteiger partial charge in [0, 0.05) is 48.8 Å². The fourth-order valence-electron chi connectivity index (χ4n) is 4.21. The van der Waals surface area contributed by atoms with E-state index in [9.17, 15) is 4.79 Å². The first-order chi connectivity index (χ1) is 16.7. The zero-order valence-corrected chi connectivity index (χ0v) is 19.6. The minimum Gasteiger partial charge on any atom is -0.378 e. The zero-order valence-electron chi connectivity index (χ0n) is 18.7. The number of Topliss-reactive ketones (excluding diaryl/α,β-unsaturated/α-hetero) is 1. The maximum Gasteiger partial charge on any atom is 0.151 e. The molecule has 1 fully saturated rings. The van der Waals surface area contributed by atoms with Crippen LogP contribution in [-0.4, -0.2) is 42.1 Å². The Hall–Kier alpha value is -3.60. The van der Waals surface area contributed by atoms with Crippen molar-refractivity contribution in [2.24, 2.45) is 0 Å². The summed E-state index contributed by atoms with van der Waals surface area (Å²) in [5, 5.41) is 10.8. The first-order valence-electron chi connectivity index (χ1n) is 11.3. The molecule has 3 heterocycles. The summed E-state index contributed by atoms with van der Waals surface area (Å²) in [7, 11) is 0. The van der Waals surface area contributed by atoms with Crippen molar-refractivity contribution in [1.29, 1.82) is 5.26 Å². The highest BCUT2D eigenvalue weighted by Crippen LogP contribution is 2.33. The van der Waals surface area contributed by atoms with Crippen LogP contribution in [0.5, 0.6) is 0 Å². The number of hydrogen-bond acceptors (Lipinski definition) is 7. The maximum atomic E-state index is 11.9. The van der Waals surface area contributed by atoms with E-state index >= 15 is 0 Å². The van der Waals surface area contributed by atoms with Gasteiger partial charge in [0.25, 0.3) is 0 Å². The molecular weight excluding hydrogens is 444 g/mol. The van der Waals surface area contributed by atoms with Crippen molar-refractivity contribution in [3.63, 3.8) is 0 Å². The van der Waals surface area contributed by atoms with Gasteiger partial charge in [-0.2, -0.15) is 5.26 Å². The number of nitriles is 1. The predicted octanol–water partition coefficient (Wildman–Crippen LogP) is 4.81. The van der Waals surface area contributed by atoms with Crippen LogP contribution in [0.4, 0.5) is 5.69 Å². The Bertz CT molecular complexity index is 1350. The molecule has 0 unspecified atom stereocenters. The summed E-state index contributed by atoms with van der Waals surface area (Å²) in [6, 6.07) is 18.5. The van der Waals surface area contributed by atoms with Crippen LogP contribution in [0.15, 0.2) is 60.1 Å². The summed E-state index contributed by atoms with van der Waals surface area (Å²) >= 11 is 1.62. The van der Waals surface area contributed by atoms with E-state index in [1.165, 1.54) is 11.3 Å². The Morgan fingerprint density at radius 3 is 2.74 bits per heavy atom. The normalized spacial score (nSPS) is 13.7. The maximum absolute atomic E-state index is 11.9. The Kier molecular flexibility index (Phi) is 6.61. The summed E-state index contributed by atoms with van der Waals surface area (Å²) < 4.78 is 6.48. The van der Waals surface area contributed by atoms with E-state index in [1.54, 1.807) is 11.3 Å². The van der Waals surface area contributed by atoms with Crippen molar-refractivity contribution < 1.29 is 9.53 Å². The van der Waals surface area contributed by atoms with Gasteiger partial charge >= 0.3 is 0 Å². The van der Waals surface area contributed by atoms with Crippen molar-refractivity contribution in [3.8, 4) is 17.2 Å². The third kappa shape index (κ3) is 4.98. The van der Waals surface area contributed by atoms with Crippen LogP contribution in [0.3, 0.4) is 0 Å². The predicted molar refractivity (Wildman–Crippen MR) is 134 cm³/mol. The summed E-state index contributed by atoms with van der Waals surface area (Å²) in [4.78, 5) is 23.7. The van der Waals surface area contributed by atoms with E-state index in [4.69, 9.17) is 15.0 Å². The molecule has 2 aromatic heterocycles. The van der Waals surface area contributed by atoms with E-state index in [-0.39, 0.29) is 18.6 Å². The van der Waals surface area contributed by atoms with Gasteiger partial charge in [-0.3, -0.25) is 4.79 Å². The number of ketones is 1. The molecule has 1 aliphatic rings. The van der Waals surface area contributed by atoms with E-state index in [0.717, 1.165) is 59.0 Å². The lowest BCUT2D eigenvalue weighted by Gasteiger charge is -2.28. The quantitative estimate of drug-likeness (QED) is 0.387. The number of hydrogen-bond donors (Lipinski definition) is 0. The van der Waals surface area contributed by atoms with Crippen LogP contribution in [0.1, 0.15) is 23.4 Å². The van der Waals surface area contributed by atoms with Crippen LogP contribution in [0, 0.1) is 11.3 Å². The Balaban J connectivity index is 1.36. The van der Waals surface area contributed by atoms with Crippen LogP contribution in [-0.2, 0) is 22.4 Å². The molecule has 2 aromatic carbocycles. The van der Waals surface area contributed by atoms with Gasteiger partial charge in [-0.25, -0.2) is 9.97 Å². The minimum absolute atomic E-state index is 0.0599. The lowest BCUT2D eigenvalue weighted by molar-refractivity contribution is -0.117. The van der Waals surface area contributed by atoms with Crippen LogP contribution in [0.2, 0.25) is 0 Å². The molecule has 0 radical (unpaired) electrons. The molecule has 5 rings (SSSR count). The summed E-state index contributed by atoms with van der Waals surface area (Å²) in [5.41, 5.74) is 6.30. The molecule has 0 aliphatic carbocycles. The number of ether oxygens (including phenoxy) is 1. The smallest absolute Gasteiger partial charge is 0.151 e. The highest BCUT2D eigenvalue weighted by atomic mass is 32.1. The van der Waals surface area contributed by atoms with Crippen molar-refractivity contribution in [2.75, 3.05) is 31.2 Å². The molecule has 1 aliphatic heterocycles. The van der Waals surface area contributed by atoms with Gasteiger partial charge in [-0.15, -0.1) is 11.3 Å². The molecule has 34 heavy (non-hydrogen) atoms.